The molecule has 4 nitrogen and oxygen atoms in total. The predicted molar refractivity (Wildman–Crippen MR) is 64.8 cm³/mol. The van der Waals surface area contributed by atoms with Gasteiger partial charge >= 0.3 is 5.97 Å². The zero-order valence-electron chi connectivity index (χ0n) is 10.7. The van der Waals surface area contributed by atoms with E-state index in [1.807, 2.05) is 23.9 Å². The first kappa shape index (κ1) is 12.1. The number of carboxylic acid groups (broad SMARTS) is 1. The van der Waals surface area contributed by atoms with Gasteiger partial charge in [-0.2, -0.15) is 5.10 Å². The maximum atomic E-state index is 11.4. The molecule has 1 unspecified atom stereocenters. The first-order chi connectivity index (χ1) is 7.93. The van der Waals surface area contributed by atoms with E-state index in [9.17, 15) is 9.90 Å². The fourth-order valence-corrected chi connectivity index (χ4v) is 2.25. The fraction of sp³-hybridized carbons (Fsp3) is 0.692. The van der Waals surface area contributed by atoms with Crippen LogP contribution in [0.5, 0.6) is 0 Å². The lowest BCUT2D eigenvalue weighted by atomic mass is 9.80. The van der Waals surface area contributed by atoms with Crippen molar-refractivity contribution in [3.63, 3.8) is 0 Å². The molecule has 1 aromatic rings. The molecule has 0 bridgehead atoms. The van der Waals surface area contributed by atoms with Crippen LogP contribution in [0.4, 0.5) is 0 Å². The zero-order valence-corrected chi connectivity index (χ0v) is 10.7. The van der Waals surface area contributed by atoms with Crippen LogP contribution in [0.25, 0.3) is 0 Å². The van der Waals surface area contributed by atoms with Crippen LogP contribution < -0.4 is 0 Å². The molecule has 1 fully saturated rings. The van der Waals surface area contributed by atoms with Crippen LogP contribution in [-0.4, -0.2) is 20.9 Å². The van der Waals surface area contributed by atoms with E-state index in [0.717, 1.165) is 18.5 Å². The minimum Gasteiger partial charge on any atom is -0.481 e. The molecular weight excluding hydrogens is 216 g/mol. The fourth-order valence-electron chi connectivity index (χ4n) is 2.25. The minimum atomic E-state index is -0.695. The summed E-state index contributed by atoms with van der Waals surface area (Å²) in [6, 6.07) is 2.25. The molecule has 2 rings (SSSR count). The van der Waals surface area contributed by atoms with Gasteiger partial charge in [0.15, 0.2) is 0 Å². The van der Waals surface area contributed by atoms with Crippen molar-refractivity contribution >= 4 is 5.97 Å². The van der Waals surface area contributed by atoms with Gasteiger partial charge < -0.3 is 5.11 Å². The minimum absolute atomic E-state index is 0.320. The number of rotatable bonds is 5. The Labute approximate surface area is 102 Å². The highest BCUT2D eigenvalue weighted by Gasteiger charge is 2.47. The number of carboxylic acids is 1. The maximum Gasteiger partial charge on any atom is 0.310 e. The lowest BCUT2D eigenvalue weighted by Gasteiger charge is -2.23. The van der Waals surface area contributed by atoms with Crippen LogP contribution in [0.2, 0.25) is 0 Å². The number of carbonyl (C=O) groups is 1. The zero-order chi connectivity index (χ0) is 12.6. The van der Waals surface area contributed by atoms with Crippen molar-refractivity contribution < 1.29 is 9.90 Å². The Morgan fingerprint density at radius 2 is 2.29 bits per heavy atom. The molecule has 1 heterocycles. The van der Waals surface area contributed by atoms with Crippen LogP contribution >= 0.6 is 0 Å². The van der Waals surface area contributed by atoms with Gasteiger partial charge in [0.1, 0.15) is 0 Å². The van der Waals surface area contributed by atoms with Crippen LogP contribution in [0, 0.1) is 11.3 Å². The first-order valence-electron chi connectivity index (χ1n) is 6.21. The molecule has 1 aliphatic rings. The molecule has 1 aliphatic carbocycles. The Morgan fingerprint density at radius 1 is 1.65 bits per heavy atom. The van der Waals surface area contributed by atoms with Gasteiger partial charge in [-0.25, -0.2) is 0 Å². The number of hydrogen-bond acceptors (Lipinski definition) is 2. The van der Waals surface area contributed by atoms with E-state index in [0.29, 0.717) is 18.4 Å². The van der Waals surface area contributed by atoms with E-state index >= 15 is 0 Å². The molecule has 0 radical (unpaired) electrons. The Balaban J connectivity index is 2.14. The monoisotopic (exact) mass is 236 g/mol. The van der Waals surface area contributed by atoms with Crippen molar-refractivity contribution in [2.75, 3.05) is 0 Å². The maximum absolute atomic E-state index is 11.4. The van der Waals surface area contributed by atoms with Crippen LogP contribution in [0.15, 0.2) is 12.3 Å². The number of aliphatic carboxylic acids is 1. The summed E-state index contributed by atoms with van der Waals surface area (Å²) < 4.78 is 1.88. The van der Waals surface area contributed by atoms with Crippen LogP contribution in [-0.2, 0) is 11.2 Å². The average molecular weight is 236 g/mol. The molecular formula is C13H20N2O2. The second kappa shape index (κ2) is 4.17. The van der Waals surface area contributed by atoms with Gasteiger partial charge in [0, 0.05) is 18.7 Å². The van der Waals surface area contributed by atoms with Gasteiger partial charge in [0.2, 0.25) is 0 Å². The molecule has 0 aromatic carbocycles. The summed E-state index contributed by atoms with van der Waals surface area (Å²) in [5, 5.41) is 13.8. The second-order valence-corrected chi connectivity index (χ2v) is 5.55. The summed E-state index contributed by atoms with van der Waals surface area (Å²) in [7, 11) is 0. The second-order valence-electron chi connectivity index (χ2n) is 5.55. The van der Waals surface area contributed by atoms with Gasteiger partial charge in [-0.3, -0.25) is 9.48 Å². The van der Waals surface area contributed by atoms with Crippen molar-refractivity contribution in [2.45, 2.75) is 46.1 Å². The van der Waals surface area contributed by atoms with E-state index in [1.54, 1.807) is 0 Å². The normalized spacial score (nSPS) is 19.3. The van der Waals surface area contributed by atoms with Crippen molar-refractivity contribution in [3.8, 4) is 0 Å². The smallest absolute Gasteiger partial charge is 0.310 e. The van der Waals surface area contributed by atoms with E-state index in [-0.39, 0.29) is 0 Å². The highest BCUT2D eigenvalue weighted by molar-refractivity contribution is 5.75. The topological polar surface area (TPSA) is 55.1 Å². The molecule has 0 aliphatic heterocycles. The quantitative estimate of drug-likeness (QED) is 0.854. The Kier molecular flexibility index (Phi) is 2.98. The number of nitrogens with zero attached hydrogens (tertiary/aromatic N) is 2. The molecule has 0 spiro atoms. The third kappa shape index (κ3) is 2.35. The standard InChI is InChI=1S/C13H20N2O2/c1-9(2)15-7-6-11(14-15)8-13(3,12(16)17)10-4-5-10/h6-7,9-10H,4-5,8H2,1-3H3,(H,16,17). The van der Waals surface area contributed by atoms with E-state index in [1.165, 1.54) is 0 Å². The molecule has 1 atom stereocenters. The summed E-state index contributed by atoms with van der Waals surface area (Å²) >= 11 is 0. The number of aromatic nitrogens is 2. The lowest BCUT2D eigenvalue weighted by Crippen LogP contribution is -2.32. The van der Waals surface area contributed by atoms with Gasteiger partial charge in [0.05, 0.1) is 11.1 Å². The third-order valence-electron chi connectivity index (χ3n) is 3.71. The summed E-state index contributed by atoms with van der Waals surface area (Å²) in [6.45, 7) is 5.98. The van der Waals surface area contributed by atoms with Gasteiger partial charge in [0.25, 0.3) is 0 Å². The number of hydrogen-bond donors (Lipinski definition) is 1. The molecule has 1 N–H and O–H groups in total. The van der Waals surface area contributed by atoms with Crippen LogP contribution in [0.3, 0.4) is 0 Å². The Morgan fingerprint density at radius 3 is 2.71 bits per heavy atom. The van der Waals surface area contributed by atoms with E-state index < -0.39 is 11.4 Å². The first-order valence-corrected chi connectivity index (χ1v) is 6.21. The third-order valence-corrected chi connectivity index (χ3v) is 3.71. The molecule has 1 saturated carbocycles. The predicted octanol–water partition coefficient (Wildman–Crippen LogP) is 2.51. The Hall–Kier alpha value is -1.32. The summed E-state index contributed by atoms with van der Waals surface area (Å²) in [6.07, 6.45) is 4.53. The van der Waals surface area contributed by atoms with Crippen LogP contribution in [0.1, 0.15) is 45.3 Å². The van der Waals surface area contributed by atoms with Gasteiger partial charge in [-0.1, -0.05) is 0 Å². The summed E-state index contributed by atoms with van der Waals surface area (Å²) in [5.74, 6) is -0.372. The van der Waals surface area contributed by atoms with E-state index in [4.69, 9.17) is 0 Å². The molecule has 1 aromatic heterocycles. The Bertz CT molecular complexity index is 421. The SMILES string of the molecule is CC(C)n1ccc(CC(C)(C(=O)O)C2CC2)n1. The lowest BCUT2D eigenvalue weighted by molar-refractivity contribution is -0.149. The highest BCUT2D eigenvalue weighted by atomic mass is 16.4. The molecule has 0 amide bonds. The van der Waals surface area contributed by atoms with Crippen molar-refractivity contribution in [1.82, 2.24) is 9.78 Å². The molecule has 4 heteroatoms. The van der Waals surface area contributed by atoms with Gasteiger partial charge in [-0.15, -0.1) is 0 Å². The summed E-state index contributed by atoms with van der Waals surface area (Å²) in [4.78, 5) is 11.4. The highest BCUT2D eigenvalue weighted by Crippen LogP contribution is 2.47. The average Bonchev–Trinajstić information content (AvgIpc) is 3.00. The molecule has 17 heavy (non-hydrogen) atoms. The largest absolute Gasteiger partial charge is 0.481 e. The van der Waals surface area contributed by atoms with Crippen molar-refractivity contribution in [3.05, 3.63) is 18.0 Å². The van der Waals surface area contributed by atoms with Crippen molar-refractivity contribution in [1.29, 1.82) is 0 Å². The molecule has 94 valence electrons. The van der Waals surface area contributed by atoms with E-state index in [2.05, 4.69) is 18.9 Å². The van der Waals surface area contributed by atoms with Gasteiger partial charge in [-0.05, 0) is 45.6 Å². The van der Waals surface area contributed by atoms with Crippen molar-refractivity contribution in [2.24, 2.45) is 11.3 Å². The summed E-state index contributed by atoms with van der Waals surface area (Å²) in [5.41, 5.74) is 0.242. The molecule has 0 saturated heterocycles.